The van der Waals surface area contributed by atoms with E-state index in [9.17, 15) is 9.59 Å². The number of nitrogens with zero attached hydrogens (tertiary/aromatic N) is 2. The van der Waals surface area contributed by atoms with Crippen LogP contribution in [-0.2, 0) is 9.53 Å². The molecule has 1 rings (SSSR count). The van der Waals surface area contributed by atoms with E-state index in [-0.39, 0.29) is 18.5 Å². The summed E-state index contributed by atoms with van der Waals surface area (Å²) in [7, 11) is 0. The molecule has 2 amide bonds. The molecule has 0 bridgehead atoms. The van der Waals surface area contributed by atoms with Gasteiger partial charge in [0.25, 0.3) is 0 Å². The first-order chi connectivity index (χ1) is 9.02. The fourth-order valence-electron chi connectivity index (χ4n) is 2.09. The summed E-state index contributed by atoms with van der Waals surface area (Å²) >= 11 is 0. The first-order valence-corrected chi connectivity index (χ1v) is 6.87. The van der Waals surface area contributed by atoms with E-state index in [2.05, 4.69) is 0 Å². The molecule has 110 valence electrons. The van der Waals surface area contributed by atoms with Gasteiger partial charge in [0, 0.05) is 38.7 Å². The van der Waals surface area contributed by atoms with Crippen LogP contribution in [0.3, 0.4) is 0 Å². The van der Waals surface area contributed by atoms with Gasteiger partial charge in [0.2, 0.25) is 0 Å². The third-order valence-corrected chi connectivity index (χ3v) is 3.15. The van der Waals surface area contributed by atoms with E-state index < -0.39 is 5.97 Å². The number of carbonyl (C=O) groups is 2. The third kappa shape index (κ3) is 5.46. The molecule has 0 aromatic heterocycles. The number of hydrogen-bond donors (Lipinski definition) is 1. The number of carboxylic acids is 1. The van der Waals surface area contributed by atoms with Gasteiger partial charge >= 0.3 is 12.0 Å². The zero-order chi connectivity index (χ0) is 14.3. The molecular weight excluding hydrogens is 248 g/mol. The molecular formula is C13H24N2O4. The van der Waals surface area contributed by atoms with Gasteiger partial charge in [-0.05, 0) is 26.7 Å². The van der Waals surface area contributed by atoms with E-state index >= 15 is 0 Å². The number of aliphatic carboxylic acids is 1. The molecule has 0 spiro atoms. The second kappa shape index (κ2) is 7.99. The lowest BCUT2D eigenvalue weighted by atomic mass is 10.2. The van der Waals surface area contributed by atoms with Crippen LogP contribution < -0.4 is 0 Å². The van der Waals surface area contributed by atoms with Crippen LogP contribution in [-0.4, -0.2) is 65.8 Å². The number of carboxylic acid groups (broad SMARTS) is 1. The number of ether oxygens (including phenoxy) is 1. The Balaban J connectivity index is 2.53. The Morgan fingerprint density at radius 3 is 2.68 bits per heavy atom. The van der Waals surface area contributed by atoms with Crippen molar-refractivity contribution < 1.29 is 19.4 Å². The minimum atomic E-state index is -0.820. The molecule has 1 saturated heterocycles. The molecule has 0 atom stereocenters. The maximum Gasteiger partial charge on any atom is 0.320 e. The van der Waals surface area contributed by atoms with Crippen molar-refractivity contribution in [2.45, 2.75) is 39.2 Å². The highest BCUT2D eigenvalue weighted by Gasteiger charge is 2.23. The zero-order valence-electron chi connectivity index (χ0n) is 11.8. The summed E-state index contributed by atoms with van der Waals surface area (Å²) < 4.78 is 5.34. The lowest BCUT2D eigenvalue weighted by Crippen LogP contribution is -2.47. The van der Waals surface area contributed by atoms with Gasteiger partial charge in [0.05, 0.1) is 6.61 Å². The van der Waals surface area contributed by atoms with E-state index in [1.54, 1.807) is 9.80 Å². The molecule has 1 heterocycles. The molecule has 0 unspecified atom stereocenters. The van der Waals surface area contributed by atoms with Gasteiger partial charge in [0.15, 0.2) is 0 Å². The lowest BCUT2D eigenvalue weighted by molar-refractivity contribution is -0.137. The number of carbonyl (C=O) groups excluding carboxylic acids is 1. The summed E-state index contributed by atoms with van der Waals surface area (Å²) in [5.74, 6) is -0.820. The fraction of sp³-hybridized carbons (Fsp3) is 0.846. The standard InChI is InChI=1S/C13H24N2O4/c1-11(2)15(7-3-5-12(16)17)13(18)14-6-4-9-19-10-8-14/h11H,3-10H2,1-2H3,(H,16,17). The van der Waals surface area contributed by atoms with Gasteiger partial charge in [-0.3, -0.25) is 4.79 Å². The molecule has 6 nitrogen and oxygen atoms in total. The van der Waals surface area contributed by atoms with Crippen LogP contribution in [0, 0.1) is 0 Å². The Morgan fingerprint density at radius 2 is 2.05 bits per heavy atom. The number of urea groups is 1. The molecule has 0 aliphatic carbocycles. The topological polar surface area (TPSA) is 70.1 Å². The van der Waals surface area contributed by atoms with Crippen LogP contribution in [0.2, 0.25) is 0 Å². The van der Waals surface area contributed by atoms with Crippen molar-refractivity contribution in [1.82, 2.24) is 9.80 Å². The van der Waals surface area contributed by atoms with Gasteiger partial charge < -0.3 is 19.6 Å². The summed E-state index contributed by atoms with van der Waals surface area (Å²) in [6, 6.07) is 0.0661. The summed E-state index contributed by atoms with van der Waals surface area (Å²) in [5.41, 5.74) is 0. The minimum Gasteiger partial charge on any atom is -0.481 e. The van der Waals surface area contributed by atoms with E-state index in [0.29, 0.717) is 39.3 Å². The van der Waals surface area contributed by atoms with Crippen LogP contribution in [0.4, 0.5) is 4.79 Å². The molecule has 1 fully saturated rings. The van der Waals surface area contributed by atoms with E-state index in [4.69, 9.17) is 9.84 Å². The molecule has 0 saturated carbocycles. The highest BCUT2D eigenvalue weighted by molar-refractivity contribution is 5.75. The fourth-order valence-corrected chi connectivity index (χ4v) is 2.09. The average molecular weight is 272 g/mol. The predicted octanol–water partition coefficient (Wildman–Crippen LogP) is 1.40. The Morgan fingerprint density at radius 1 is 1.32 bits per heavy atom. The van der Waals surface area contributed by atoms with Gasteiger partial charge in [-0.1, -0.05) is 0 Å². The van der Waals surface area contributed by atoms with Crippen LogP contribution in [0.5, 0.6) is 0 Å². The Bertz CT molecular complexity index is 299. The average Bonchev–Trinajstić information content (AvgIpc) is 2.61. The Hall–Kier alpha value is -1.30. The largest absolute Gasteiger partial charge is 0.481 e. The van der Waals surface area contributed by atoms with Crippen LogP contribution in [0.15, 0.2) is 0 Å². The van der Waals surface area contributed by atoms with E-state index in [1.807, 2.05) is 13.8 Å². The van der Waals surface area contributed by atoms with Crippen molar-refractivity contribution in [3.8, 4) is 0 Å². The van der Waals surface area contributed by atoms with Crippen LogP contribution in [0.25, 0.3) is 0 Å². The Labute approximate surface area is 114 Å². The highest BCUT2D eigenvalue weighted by Crippen LogP contribution is 2.09. The third-order valence-electron chi connectivity index (χ3n) is 3.15. The Kier molecular flexibility index (Phi) is 6.62. The van der Waals surface area contributed by atoms with Gasteiger partial charge in [-0.2, -0.15) is 0 Å². The maximum absolute atomic E-state index is 12.4. The molecule has 1 aliphatic rings. The van der Waals surface area contributed by atoms with Crippen molar-refractivity contribution in [2.24, 2.45) is 0 Å². The smallest absolute Gasteiger partial charge is 0.320 e. The number of rotatable bonds is 5. The first-order valence-electron chi connectivity index (χ1n) is 6.87. The molecule has 0 aromatic rings. The summed E-state index contributed by atoms with van der Waals surface area (Å²) in [6.07, 6.45) is 1.44. The highest BCUT2D eigenvalue weighted by atomic mass is 16.5. The number of amides is 2. The zero-order valence-corrected chi connectivity index (χ0v) is 11.8. The van der Waals surface area contributed by atoms with Gasteiger partial charge in [-0.15, -0.1) is 0 Å². The SMILES string of the molecule is CC(C)N(CCCC(=O)O)C(=O)N1CCCOCC1. The normalized spacial score (nSPS) is 16.3. The molecule has 6 heteroatoms. The molecule has 0 radical (unpaired) electrons. The molecule has 0 aromatic carbocycles. The summed E-state index contributed by atoms with van der Waals surface area (Å²) in [4.78, 5) is 26.5. The molecule has 19 heavy (non-hydrogen) atoms. The first kappa shape index (κ1) is 15.8. The van der Waals surface area contributed by atoms with Gasteiger partial charge in [-0.25, -0.2) is 4.79 Å². The van der Waals surface area contributed by atoms with Crippen LogP contribution >= 0.6 is 0 Å². The van der Waals surface area contributed by atoms with Crippen molar-refractivity contribution in [1.29, 1.82) is 0 Å². The second-order valence-corrected chi connectivity index (χ2v) is 5.02. The molecule has 1 N–H and O–H groups in total. The van der Waals surface area contributed by atoms with E-state index in [1.165, 1.54) is 0 Å². The lowest BCUT2D eigenvalue weighted by Gasteiger charge is -2.32. The quantitative estimate of drug-likeness (QED) is 0.821. The van der Waals surface area contributed by atoms with Gasteiger partial charge in [0.1, 0.15) is 0 Å². The van der Waals surface area contributed by atoms with Crippen molar-refractivity contribution in [3.05, 3.63) is 0 Å². The minimum absolute atomic E-state index is 0.00844. The summed E-state index contributed by atoms with van der Waals surface area (Å²) in [6.45, 7) is 6.99. The second-order valence-electron chi connectivity index (χ2n) is 5.02. The van der Waals surface area contributed by atoms with Crippen molar-refractivity contribution in [3.63, 3.8) is 0 Å². The molecule has 1 aliphatic heterocycles. The van der Waals surface area contributed by atoms with Crippen molar-refractivity contribution >= 4 is 12.0 Å². The summed E-state index contributed by atoms with van der Waals surface area (Å²) in [5, 5.41) is 8.66. The van der Waals surface area contributed by atoms with E-state index in [0.717, 1.165) is 6.42 Å². The maximum atomic E-state index is 12.4. The van der Waals surface area contributed by atoms with Crippen LogP contribution in [0.1, 0.15) is 33.1 Å². The number of hydrogen-bond acceptors (Lipinski definition) is 3. The van der Waals surface area contributed by atoms with Crippen molar-refractivity contribution in [2.75, 3.05) is 32.8 Å². The predicted molar refractivity (Wildman–Crippen MR) is 71.1 cm³/mol. The monoisotopic (exact) mass is 272 g/mol.